The van der Waals surface area contributed by atoms with Gasteiger partial charge < -0.3 is 35.1 Å². The molecule has 0 bridgehead atoms. The first-order valence-corrected chi connectivity index (χ1v) is 17.3. The monoisotopic (exact) mass is 698 g/mol. The third-order valence-corrected chi connectivity index (χ3v) is 8.39. The Labute approximate surface area is 300 Å². The Morgan fingerprint density at radius 2 is 1.51 bits per heavy atom. The summed E-state index contributed by atoms with van der Waals surface area (Å²) < 4.78 is 11.0. The van der Waals surface area contributed by atoms with Crippen molar-refractivity contribution in [3.8, 4) is 0 Å². The van der Waals surface area contributed by atoms with Crippen LogP contribution in [0.15, 0.2) is 95.9 Å². The van der Waals surface area contributed by atoms with Gasteiger partial charge in [0.2, 0.25) is 5.91 Å². The maximum Gasteiger partial charge on any atom is 0.407 e. The van der Waals surface area contributed by atoms with E-state index in [-0.39, 0.29) is 31.4 Å². The van der Waals surface area contributed by atoms with Crippen molar-refractivity contribution in [1.29, 1.82) is 0 Å². The van der Waals surface area contributed by atoms with Crippen molar-refractivity contribution in [2.24, 2.45) is 5.92 Å². The van der Waals surface area contributed by atoms with Crippen molar-refractivity contribution in [2.75, 3.05) is 7.05 Å². The Balaban J connectivity index is 1.47. The fourth-order valence-corrected chi connectivity index (χ4v) is 5.57. The Kier molecular flexibility index (Phi) is 14.5. The molecule has 0 spiro atoms. The van der Waals surface area contributed by atoms with Crippen molar-refractivity contribution in [1.82, 2.24) is 30.8 Å². The zero-order chi connectivity index (χ0) is 36.8. The number of aromatic nitrogens is 2. The van der Waals surface area contributed by atoms with Gasteiger partial charge in [0.05, 0.1) is 24.4 Å². The molecule has 4 rings (SSSR count). The van der Waals surface area contributed by atoms with Crippen LogP contribution in [0, 0.1) is 5.92 Å². The molecule has 0 fully saturated rings. The molecular formula is C39H50N6O6. The van der Waals surface area contributed by atoms with Gasteiger partial charge in [0.1, 0.15) is 18.9 Å². The summed E-state index contributed by atoms with van der Waals surface area (Å²) in [5.41, 5.74) is 3.22. The van der Waals surface area contributed by atoms with Crippen LogP contribution in [0.2, 0.25) is 0 Å². The fraction of sp³-hybridized carbons (Fsp3) is 0.410. The number of urea groups is 1. The van der Waals surface area contributed by atoms with Gasteiger partial charge in [0, 0.05) is 37.0 Å². The summed E-state index contributed by atoms with van der Waals surface area (Å²) in [5.74, 6) is 0.00283. The number of carbonyl (C=O) groups excluding carboxylic acids is 3. The average Bonchev–Trinajstić information content (AvgIpc) is 3.59. The molecule has 4 aromatic rings. The molecule has 4 atom stereocenters. The Morgan fingerprint density at radius 1 is 0.863 bits per heavy atom. The number of nitrogens with one attached hydrogen (secondary N) is 3. The molecular weight excluding hydrogens is 648 g/mol. The summed E-state index contributed by atoms with van der Waals surface area (Å²) >= 11 is 0. The normalized spacial score (nSPS) is 13.6. The highest BCUT2D eigenvalue weighted by Crippen LogP contribution is 2.17. The molecule has 0 aliphatic heterocycles. The van der Waals surface area contributed by atoms with Crippen LogP contribution in [0.4, 0.5) is 9.59 Å². The Bertz CT molecular complexity index is 1650. The van der Waals surface area contributed by atoms with E-state index in [0.29, 0.717) is 24.4 Å². The maximum absolute atomic E-state index is 13.9. The van der Waals surface area contributed by atoms with Crippen molar-refractivity contribution >= 4 is 18.0 Å². The lowest BCUT2D eigenvalue weighted by Gasteiger charge is -2.31. The highest BCUT2D eigenvalue weighted by atomic mass is 16.5. The minimum atomic E-state index is -1.07. The number of carbonyl (C=O) groups is 3. The van der Waals surface area contributed by atoms with Gasteiger partial charge in [0.25, 0.3) is 0 Å². The van der Waals surface area contributed by atoms with Crippen molar-refractivity contribution < 1.29 is 28.6 Å². The van der Waals surface area contributed by atoms with E-state index >= 15 is 0 Å². The summed E-state index contributed by atoms with van der Waals surface area (Å²) in [4.78, 5) is 50.0. The number of amides is 4. The molecule has 272 valence electrons. The minimum absolute atomic E-state index is 0.0437. The average molecular weight is 699 g/mol. The first kappa shape index (κ1) is 38.6. The number of oxazole rings is 1. The van der Waals surface area contributed by atoms with E-state index in [1.165, 1.54) is 11.2 Å². The van der Waals surface area contributed by atoms with Crippen LogP contribution in [-0.2, 0) is 35.5 Å². The number of aliphatic hydroxyl groups is 1. The molecule has 0 unspecified atom stereocenters. The van der Waals surface area contributed by atoms with Crippen LogP contribution in [0.1, 0.15) is 68.3 Å². The van der Waals surface area contributed by atoms with Gasteiger partial charge >= 0.3 is 12.1 Å². The second-order valence-corrected chi connectivity index (χ2v) is 13.4. The quantitative estimate of drug-likeness (QED) is 0.115. The number of aliphatic hydroxyl groups excluding tert-OH is 1. The number of hydrogen-bond donors (Lipinski definition) is 4. The zero-order valence-electron chi connectivity index (χ0n) is 30.0. The largest absolute Gasteiger partial charge is 0.448 e. The van der Waals surface area contributed by atoms with E-state index in [0.717, 1.165) is 16.7 Å². The zero-order valence-corrected chi connectivity index (χ0v) is 30.0. The van der Waals surface area contributed by atoms with E-state index in [1.54, 1.807) is 25.5 Å². The highest BCUT2D eigenvalue weighted by molar-refractivity contribution is 5.87. The van der Waals surface area contributed by atoms with E-state index in [1.807, 2.05) is 94.4 Å². The SMILES string of the molecule is CC(C)c1nc(CN(C)C(=O)N[C@H](C(=O)N[C@@H](Cc2ccccc2)[C@@H](O)C[C@H](Cc2ccccc2)NC(=O)OCc2cccnc2)C(C)C)co1. The summed E-state index contributed by atoms with van der Waals surface area (Å²) in [6.07, 6.45) is 3.95. The lowest BCUT2D eigenvalue weighted by atomic mass is 9.93. The second-order valence-electron chi connectivity index (χ2n) is 13.4. The van der Waals surface area contributed by atoms with Gasteiger partial charge in [-0.15, -0.1) is 0 Å². The molecule has 4 amide bonds. The molecule has 2 aromatic heterocycles. The molecule has 0 aliphatic carbocycles. The minimum Gasteiger partial charge on any atom is -0.448 e. The van der Waals surface area contributed by atoms with Gasteiger partial charge in [-0.3, -0.25) is 9.78 Å². The van der Waals surface area contributed by atoms with E-state index in [4.69, 9.17) is 9.15 Å². The lowest BCUT2D eigenvalue weighted by molar-refractivity contribution is -0.125. The molecule has 0 aliphatic rings. The molecule has 0 radical (unpaired) electrons. The van der Waals surface area contributed by atoms with Crippen LogP contribution >= 0.6 is 0 Å². The first-order valence-electron chi connectivity index (χ1n) is 17.3. The molecule has 2 heterocycles. The molecule has 12 heteroatoms. The fourth-order valence-electron chi connectivity index (χ4n) is 5.57. The summed E-state index contributed by atoms with van der Waals surface area (Å²) in [6.45, 7) is 7.87. The van der Waals surface area contributed by atoms with Crippen LogP contribution in [0.5, 0.6) is 0 Å². The molecule has 0 saturated carbocycles. The summed E-state index contributed by atoms with van der Waals surface area (Å²) in [6, 6.07) is 20.1. The molecule has 2 aromatic carbocycles. The molecule has 0 saturated heterocycles. The van der Waals surface area contributed by atoms with Crippen molar-refractivity contribution in [3.63, 3.8) is 0 Å². The van der Waals surface area contributed by atoms with Crippen LogP contribution < -0.4 is 16.0 Å². The lowest BCUT2D eigenvalue weighted by Crippen LogP contribution is -2.57. The molecule has 4 N–H and O–H groups in total. The number of ether oxygens (including phenoxy) is 1. The van der Waals surface area contributed by atoms with Crippen molar-refractivity contribution in [3.05, 3.63) is 120 Å². The Morgan fingerprint density at radius 3 is 2.10 bits per heavy atom. The highest BCUT2D eigenvalue weighted by Gasteiger charge is 2.31. The van der Waals surface area contributed by atoms with Crippen LogP contribution in [-0.4, -0.2) is 69.3 Å². The van der Waals surface area contributed by atoms with E-state index < -0.39 is 42.3 Å². The van der Waals surface area contributed by atoms with Gasteiger partial charge in [-0.1, -0.05) is 94.4 Å². The van der Waals surface area contributed by atoms with Gasteiger partial charge in [-0.2, -0.15) is 0 Å². The van der Waals surface area contributed by atoms with Gasteiger partial charge in [-0.05, 0) is 42.4 Å². The Hall–Kier alpha value is -5.23. The number of benzene rings is 2. The first-order chi connectivity index (χ1) is 24.5. The number of rotatable bonds is 17. The smallest absolute Gasteiger partial charge is 0.407 e. The van der Waals surface area contributed by atoms with Crippen LogP contribution in [0.25, 0.3) is 0 Å². The molecule has 12 nitrogen and oxygen atoms in total. The van der Waals surface area contributed by atoms with E-state index in [2.05, 4.69) is 25.9 Å². The summed E-state index contributed by atoms with van der Waals surface area (Å²) in [7, 11) is 1.62. The summed E-state index contributed by atoms with van der Waals surface area (Å²) in [5, 5.41) is 20.6. The predicted molar refractivity (Wildman–Crippen MR) is 193 cm³/mol. The molecule has 51 heavy (non-hydrogen) atoms. The number of hydrogen-bond acceptors (Lipinski definition) is 8. The standard InChI is InChI=1S/C39H50N6O6/c1-26(2)35(44-38(48)45(5)23-32-25-50-37(41-32)27(3)4)36(47)43-33(20-29-15-10-7-11-16-29)34(46)21-31(19-28-13-8-6-9-14-28)42-39(49)51-24-30-17-12-18-40-22-30/h6-18,22,25-27,31,33-35,46H,19-21,23-24H2,1-5H3,(H,42,49)(H,43,47)(H,44,48)/t31-,33-,34-,35-/m0/s1. The third-order valence-electron chi connectivity index (χ3n) is 8.39. The van der Waals surface area contributed by atoms with Crippen LogP contribution in [0.3, 0.4) is 0 Å². The number of alkyl carbamates (subject to hydrolysis) is 1. The number of pyridine rings is 1. The number of nitrogens with zero attached hydrogens (tertiary/aromatic N) is 3. The maximum atomic E-state index is 13.9. The van der Waals surface area contributed by atoms with E-state index in [9.17, 15) is 19.5 Å². The third kappa shape index (κ3) is 12.6. The predicted octanol–water partition coefficient (Wildman–Crippen LogP) is 5.38. The second kappa shape index (κ2) is 19.2. The van der Waals surface area contributed by atoms with Gasteiger partial charge in [0.15, 0.2) is 5.89 Å². The topological polar surface area (TPSA) is 159 Å². The van der Waals surface area contributed by atoms with Crippen molar-refractivity contribution in [2.45, 2.75) is 90.3 Å². The van der Waals surface area contributed by atoms with Gasteiger partial charge in [-0.25, -0.2) is 14.6 Å².